The van der Waals surface area contributed by atoms with Gasteiger partial charge in [-0.2, -0.15) is 5.10 Å². The summed E-state index contributed by atoms with van der Waals surface area (Å²) < 4.78 is 34.2. The van der Waals surface area contributed by atoms with Crippen LogP contribution in [0.25, 0.3) is 0 Å². The molecule has 34 heavy (non-hydrogen) atoms. The van der Waals surface area contributed by atoms with Crippen molar-refractivity contribution in [3.63, 3.8) is 0 Å². The average Bonchev–Trinajstić information content (AvgIpc) is 3.29. The zero-order valence-corrected chi connectivity index (χ0v) is 18.9. The Balaban J connectivity index is 1.42. The highest BCUT2D eigenvalue weighted by Gasteiger charge is 2.31. The summed E-state index contributed by atoms with van der Waals surface area (Å²) in [6, 6.07) is 28.3. The lowest BCUT2D eigenvalue weighted by atomic mass is 9.98. The Hall–Kier alpha value is -3.70. The summed E-state index contributed by atoms with van der Waals surface area (Å²) in [6.45, 7) is 0.473. The highest BCUT2D eigenvalue weighted by Crippen LogP contribution is 2.38. The third kappa shape index (κ3) is 4.80. The van der Waals surface area contributed by atoms with Crippen LogP contribution in [0.5, 0.6) is 5.75 Å². The van der Waals surface area contributed by atoms with Crippen molar-refractivity contribution in [3.05, 3.63) is 130 Å². The minimum Gasteiger partial charge on any atom is -0.489 e. The molecule has 6 heteroatoms. The number of benzene rings is 4. The molecular weight excluding hydrogens is 454 g/mol. The molecule has 0 bridgehead atoms. The summed E-state index contributed by atoms with van der Waals surface area (Å²) in [5, 5.41) is 6.97. The molecular formula is C28H21ClF2N2O. The zero-order valence-electron chi connectivity index (χ0n) is 18.2. The summed E-state index contributed by atoms with van der Waals surface area (Å²) >= 11 is 6.04. The number of ether oxygens (including phenoxy) is 1. The van der Waals surface area contributed by atoms with Crippen molar-refractivity contribution in [1.82, 2.24) is 0 Å². The van der Waals surface area contributed by atoms with Crippen LogP contribution in [0.3, 0.4) is 0 Å². The van der Waals surface area contributed by atoms with E-state index >= 15 is 0 Å². The minimum atomic E-state index is -0.658. The second-order valence-corrected chi connectivity index (χ2v) is 8.49. The SMILES string of the molecule is Fc1ccc(N2N=C(c3ccc(Cl)cc3)C[C@@H]2c2ccc(OCc3ccccc3)cc2)c(F)c1. The van der Waals surface area contributed by atoms with E-state index in [2.05, 4.69) is 0 Å². The van der Waals surface area contributed by atoms with E-state index < -0.39 is 11.6 Å². The Morgan fingerprint density at radius 3 is 2.32 bits per heavy atom. The molecule has 0 radical (unpaired) electrons. The molecule has 0 saturated carbocycles. The van der Waals surface area contributed by atoms with E-state index in [1.807, 2.05) is 66.7 Å². The summed E-state index contributed by atoms with van der Waals surface area (Å²) in [6.07, 6.45) is 0.558. The lowest BCUT2D eigenvalue weighted by Crippen LogP contribution is -2.19. The summed E-state index contributed by atoms with van der Waals surface area (Å²) in [7, 11) is 0. The lowest BCUT2D eigenvalue weighted by Gasteiger charge is -2.24. The molecule has 0 saturated heterocycles. The van der Waals surface area contributed by atoms with E-state index in [4.69, 9.17) is 21.4 Å². The van der Waals surface area contributed by atoms with Crippen LogP contribution in [0, 0.1) is 11.6 Å². The van der Waals surface area contributed by atoms with Gasteiger partial charge in [0.1, 0.15) is 18.2 Å². The van der Waals surface area contributed by atoms with E-state index in [-0.39, 0.29) is 11.7 Å². The summed E-state index contributed by atoms with van der Waals surface area (Å²) in [4.78, 5) is 0. The topological polar surface area (TPSA) is 24.8 Å². The molecule has 0 aromatic heterocycles. The number of hydrazone groups is 1. The van der Waals surface area contributed by atoms with Gasteiger partial charge in [0, 0.05) is 17.5 Å². The van der Waals surface area contributed by atoms with Crippen molar-refractivity contribution in [2.45, 2.75) is 19.1 Å². The Morgan fingerprint density at radius 2 is 1.62 bits per heavy atom. The predicted molar refractivity (Wildman–Crippen MR) is 131 cm³/mol. The highest BCUT2D eigenvalue weighted by atomic mass is 35.5. The van der Waals surface area contributed by atoms with Gasteiger partial charge in [0.25, 0.3) is 0 Å². The van der Waals surface area contributed by atoms with Gasteiger partial charge < -0.3 is 4.74 Å². The molecule has 5 rings (SSSR count). The lowest BCUT2D eigenvalue weighted by molar-refractivity contribution is 0.306. The van der Waals surface area contributed by atoms with Gasteiger partial charge in [-0.25, -0.2) is 8.78 Å². The number of anilines is 1. The Kier molecular flexibility index (Phi) is 6.28. The van der Waals surface area contributed by atoms with Gasteiger partial charge in [-0.1, -0.05) is 66.2 Å². The van der Waals surface area contributed by atoms with Crippen molar-refractivity contribution in [1.29, 1.82) is 0 Å². The second-order valence-electron chi connectivity index (χ2n) is 8.06. The Bertz CT molecular complexity index is 1310. The molecule has 4 aromatic rings. The fraction of sp³-hybridized carbons (Fsp3) is 0.107. The number of hydrogen-bond donors (Lipinski definition) is 0. The Morgan fingerprint density at radius 1 is 0.882 bits per heavy atom. The third-order valence-electron chi connectivity index (χ3n) is 5.76. The smallest absolute Gasteiger partial charge is 0.151 e. The van der Waals surface area contributed by atoms with E-state index in [9.17, 15) is 8.78 Å². The van der Waals surface area contributed by atoms with Crippen LogP contribution in [0.15, 0.2) is 102 Å². The molecule has 0 aliphatic carbocycles. The molecule has 170 valence electrons. The molecule has 0 unspecified atom stereocenters. The molecule has 1 heterocycles. The van der Waals surface area contributed by atoms with Crippen molar-refractivity contribution >= 4 is 23.0 Å². The zero-order chi connectivity index (χ0) is 23.5. The first-order chi connectivity index (χ1) is 16.6. The van der Waals surface area contributed by atoms with Gasteiger partial charge in [-0.05, 0) is 53.1 Å². The van der Waals surface area contributed by atoms with Crippen LogP contribution in [0.4, 0.5) is 14.5 Å². The number of nitrogens with zero attached hydrogens (tertiary/aromatic N) is 2. The molecule has 1 aliphatic rings. The number of rotatable bonds is 6. The second kappa shape index (κ2) is 9.65. The Labute approximate surface area is 201 Å². The number of hydrogen-bond acceptors (Lipinski definition) is 3. The van der Waals surface area contributed by atoms with Gasteiger partial charge in [-0.3, -0.25) is 5.01 Å². The van der Waals surface area contributed by atoms with Crippen LogP contribution >= 0.6 is 11.6 Å². The van der Waals surface area contributed by atoms with Gasteiger partial charge in [0.05, 0.1) is 17.4 Å². The molecule has 0 N–H and O–H groups in total. The molecule has 0 fully saturated rings. The standard InChI is InChI=1S/C28H21ClF2N2O/c29-22-10-6-20(7-11-22)26-17-28(33(32-26)27-15-12-23(30)16-25(27)31)21-8-13-24(14-9-21)34-18-19-4-2-1-3-5-19/h1-16,28H,17-18H2/t28-/m1/s1. The first-order valence-corrected chi connectivity index (χ1v) is 11.3. The monoisotopic (exact) mass is 474 g/mol. The summed E-state index contributed by atoms with van der Waals surface area (Å²) in [5.74, 6) is -0.545. The highest BCUT2D eigenvalue weighted by molar-refractivity contribution is 6.30. The van der Waals surface area contributed by atoms with Gasteiger partial charge in [-0.15, -0.1) is 0 Å². The largest absolute Gasteiger partial charge is 0.489 e. The molecule has 1 aliphatic heterocycles. The predicted octanol–water partition coefficient (Wildman–Crippen LogP) is 7.55. The van der Waals surface area contributed by atoms with E-state index in [1.165, 1.54) is 12.1 Å². The average molecular weight is 475 g/mol. The third-order valence-corrected chi connectivity index (χ3v) is 6.01. The molecule has 4 aromatic carbocycles. The normalized spacial score (nSPS) is 15.3. The van der Waals surface area contributed by atoms with Crippen LogP contribution in [0.2, 0.25) is 5.02 Å². The minimum absolute atomic E-state index is 0.222. The quantitative estimate of drug-likeness (QED) is 0.288. The number of halogens is 3. The van der Waals surface area contributed by atoms with Crippen molar-refractivity contribution in [2.24, 2.45) is 5.10 Å². The maximum absolute atomic E-state index is 14.7. The fourth-order valence-corrected chi connectivity index (χ4v) is 4.13. The van der Waals surface area contributed by atoms with Gasteiger partial charge >= 0.3 is 0 Å². The molecule has 0 spiro atoms. The molecule has 0 amide bonds. The van der Waals surface area contributed by atoms with Crippen LogP contribution in [0.1, 0.15) is 29.2 Å². The molecule has 1 atom stereocenters. The van der Waals surface area contributed by atoms with Crippen molar-refractivity contribution in [3.8, 4) is 5.75 Å². The van der Waals surface area contributed by atoms with Crippen LogP contribution in [-0.2, 0) is 6.61 Å². The van der Waals surface area contributed by atoms with E-state index in [0.29, 0.717) is 18.1 Å². The van der Waals surface area contributed by atoms with Crippen molar-refractivity contribution in [2.75, 3.05) is 5.01 Å². The summed E-state index contributed by atoms with van der Waals surface area (Å²) in [5.41, 5.74) is 3.96. The first-order valence-electron chi connectivity index (χ1n) is 10.9. The van der Waals surface area contributed by atoms with E-state index in [1.54, 1.807) is 17.1 Å². The van der Waals surface area contributed by atoms with E-state index in [0.717, 1.165) is 34.2 Å². The molecule has 3 nitrogen and oxygen atoms in total. The van der Waals surface area contributed by atoms with Crippen LogP contribution in [-0.4, -0.2) is 5.71 Å². The van der Waals surface area contributed by atoms with Crippen molar-refractivity contribution < 1.29 is 13.5 Å². The van der Waals surface area contributed by atoms with Gasteiger partial charge in [0.2, 0.25) is 0 Å². The van der Waals surface area contributed by atoms with Gasteiger partial charge in [0.15, 0.2) is 5.82 Å². The maximum atomic E-state index is 14.7. The fourth-order valence-electron chi connectivity index (χ4n) is 4.00. The van der Waals surface area contributed by atoms with Crippen LogP contribution < -0.4 is 9.75 Å². The maximum Gasteiger partial charge on any atom is 0.151 e. The first kappa shape index (κ1) is 22.1.